The molecule has 2 aromatic heterocycles. The molecule has 152 valence electrons. The van der Waals surface area contributed by atoms with Gasteiger partial charge in [0.25, 0.3) is 5.91 Å². The topological polar surface area (TPSA) is 70.7 Å². The second kappa shape index (κ2) is 7.58. The Kier molecular flexibility index (Phi) is 4.94. The molecule has 2 heterocycles. The lowest BCUT2D eigenvalue weighted by Gasteiger charge is -2.20. The van der Waals surface area contributed by atoms with Crippen molar-refractivity contribution >= 4 is 16.8 Å². The van der Waals surface area contributed by atoms with E-state index >= 15 is 0 Å². The molecule has 9 heteroatoms. The number of halogens is 4. The molecular formula is C21H14F4N4O. The van der Waals surface area contributed by atoms with Crippen LogP contribution in [0, 0.1) is 5.82 Å². The molecule has 0 unspecified atom stereocenters. The highest BCUT2D eigenvalue weighted by Gasteiger charge is 2.31. The van der Waals surface area contributed by atoms with Crippen molar-refractivity contribution in [3.8, 4) is 0 Å². The van der Waals surface area contributed by atoms with Crippen LogP contribution in [0.25, 0.3) is 10.9 Å². The van der Waals surface area contributed by atoms with Gasteiger partial charge in [-0.15, -0.1) is 0 Å². The van der Waals surface area contributed by atoms with Gasteiger partial charge in [0, 0.05) is 17.1 Å². The number of alkyl halides is 3. The van der Waals surface area contributed by atoms with Crippen LogP contribution in [0.1, 0.15) is 33.2 Å². The quantitative estimate of drug-likeness (QED) is 0.478. The lowest BCUT2D eigenvalue weighted by Crippen LogP contribution is -2.30. The minimum Gasteiger partial charge on any atom is -0.339 e. The van der Waals surface area contributed by atoms with Crippen LogP contribution >= 0.6 is 0 Å². The van der Waals surface area contributed by atoms with Gasteiger partial charge in [-0.25, -0.2) is 4.39 Å². The van der Waals surface area contributed by atoms with Crippen LogP contribution in [0.2, 0.25) is 0 Å². The number of rotatable bonds is 4. The van der Waals surface area contributed by atoms with Crippen LogP contribution in [0.3, 0.4) is 0 Å². The van der Waals surface area contributed by atoms with Gasteiger partial charge in [0.2, 0.25) is 0 Å². The van der Waals surface area contributed by atoms with Crippen molar-refractivity contribution in [1.29, 1.82) is 0 Å². The van der Waals surface area contributed by atoms with Gasteiger partial charge in [-0.2, -0.15) is 18.3 Å². The van der Waals surface area contributed by atoms with Gasteiger partial charge in [-0.1, -0.05) is 18.2 Å². The van der Waals surface area contributed by atoms with E-state index in [4.69, 9.17) is 0 Å². The third-order valence-electron chi connectivity index (χ3n) is 4.61. The first-order chi connectivity index (χ1) is 14.3. The van der Waals surface area contributed by atoms with Crippen molar-refractivity contribution in [2.24, 2.45) is 0 Å². The van der Waals surface area contributed by atoms with Gasteiger partial charge in [-0.05, 0) is 42.0 Å². The monoisotopic (exact) mass is 414 g/mol. The summed E-state index contributed by atoms with van der Waals surface area (Å²) >= 11 is 0. The number of aromatic nitrogens is 3. The summed E-state index contributed by atoms with van der Waals surface area (Å²) in [7, 11) is 0. The molecule has 0 saturated carbocycles. The van der Waals surface area contributed by atoms with Gasteiger partial charge in [-0.3, -0.25) is 14.9 Å². The fourth-order valence-electron chi connectivity index (χ4n) is 3.08. The zero-order chi connectivity index (χ0) is 21.3. The van der Waals surface area contributed by atoms with E-state index in [2.05, 4.69) is 20.5 Å². The first kappa shape index (κ1) is 19.6. The van der Waals surface area contributed by atoms with E-state index < -0.39 is 29.5 Å². The molecule has 0 aliphatic carbocycles. The van der Waals surface area contributed by atoms with E-state index in [-0.39, 0.29) is 16.8 Å². The maximum Gasteiger partial charge on any atom is 0.416 e. The van der Waals surface area contributed by atoms with E-state index in [9.17, 15) is 22.4 Å². The molecular weight excluding hydrogens is 400 g/mol. The number of H-pyrrole nitrogens is 1. The summed E-state index contributed by atoms with van der Waals surface area (Å²) in [5, 5.41) is 10.1. The predicted octanol–water partition coefficient (Wildman–Crippen LogP) is 4.64. The lowest BCUT2D eigenvalue weighted by atomic mass is 10.00. The average Bonchev–Trinajstić information content (AvgIpc) is 3.20. The number of hydrogen-bond donors (Lipinski definition) is 2. The standard InChI is InChI=1S/C21H14F4N4O/c22-16-2-1-9-26-19(16)18(12-5-7-15(8-6-12)21(23,24)25)28-20(30)13-3-4-14-11-27-29-17(14)10-13/h1-11,18H,(H,27,29)(H,28,30)/t18-/m0/s1. The van der Waals surface area contributed by atoms with Crippen molar-refractivity contribution in [3.63, 3.8) is 0 Å². The summed E-state index contributed by atoms with van der Waals surface area (Å²) in [5.74, 6) is -1.23. The number of nitrogens with zero attached hydrogens (tertiary/aromatic N) is 2. The van der Waals surface area contributed by atoms with Gasteiger partial charge < -0.3 is 5.32 Å². The molecule has 0 aliphatic rings. The number of nitrogens with one attached hydrogen (secondary N) is 2. The predicted molar refractivity (Wildman–Crippen MR) is 101 cm³/mol. The zero-order valence-corrected chi connectivity index (χ0v) is 15.2. The van der Waals surface area contributed by atoms with Crippen LogP contribution in [-0.2, 0) is 6.18 Å². The Morgan fingerprint density at radius 3 is 2.53 bits per heavy atom. The fraction of sp³-hybridized carbons (Fsp3) is 0.0952. The molecule has 2 aromatic carbocycles. The van der Waals surface area contributed by atoms with Crippen molar-refractivity contribution in [2.75, 3.05) is 0 Å². The number of aromatic amines is 1. The number of carbonyl (C=O) groups is 1. The number of fused-ring (bicyclic) bond motifs is 1. The Balaban J connectivity index is 1.70. The van der Waals surface area contributed by atoms with Gasteiger partial charge in [0.05, 0.1) is 23.3 Å². The molecule has 0 bridgehead atoms. The van der Waals surface area contributed by atoms with Gasteiger partial charge >= 0.3 is 6.18 Å². The molecule has 0 radical (unpaired) electrons. The summed E-state index contributed by atoms with van der Waals surface area (Å²) in [6, 6.07) is 10.5. The number of carbonyl (C=O) groups excluding carboxylic acids is 1. The summed E-state index contributed by atoms with van der Waals surface area (Å²) in [6.07, 6.45) is -1.56. The van der Waals surface area contributed by atoms with Crippen molar-refractivity contribution in [1.82, 2.24) is 20.5 Å². The Morgan fingerprint density at radius 1 is 1.07 bits per heavy atom. The first-order valence-corrected chi connectivity index (χ1v) is 8.84. The van der Waals surface area contributed by atoms with Crippen LogP contribution in [0.15, 0.2) is 67.0 Å². The Bertz CT molecular complexity index is 1200. The van der Waals surface area contributed by atoms with E-state index in [1.807, 2.05) is 0 Å². The van der Waals surface area contributed by atoms with Crippen LogP contribution in [0.4, 0.5) is 17.6 Å². The minimum absolute atomic E-state index is 0.103. The number of hydrogen-bond acceptors (Lipinski definition) is 3. The molecule has 0 saturated heterocycles. The summed E-state index contributed by atoms with van der Waals surface area (Å²) in [5.41, 5.74) is 0.227. The maximum atomic E-state index is 14.4. The molecule has 4 aromatic rings. The Hall–Kier alpha value is -3.75. The number of amides is 1. The van der Waals surface area contributed by atoms with E-state index in [0.717, 1.165) is 17.5 Å². The van der Waals surface area contributed by atoms with Gasteiger partial charge in [0.1, 0.15) is 11.5 Å². The second-order valence-corrected chi connectivity index (χ2v) is 6.57. The number of pyridine rings is 1. The van der Waals surface area contributed by atoms with E-state index in [0.29, 0.717) is 5.52 Å². The van der Waals surface area contributed by atoms with E-state index in [1.54, 1.807) is 24.4 Å². The Labute approximate surface area is 167 Å². The largest absolute Gasteiger partial charge is 0.416 e. The molecule has 0 spiro atoms. The van der Waals surface area contributed by atoms with Gasteiger partial charge in [0.15, 0.2) is 0 Å². The molecule has 0 aliphatic heterocycles. The highest BCUT2D eigenvalue weighted by atomic mass is 19.4. The highest BCUT2D eigenvalue weighted by molar-refractivity contribution is 5.98. The third-order valence-corrected chi connectivity index (χ3v) is 4.61. The van der Waals surface area contributed by atoms with Crippen LogP contribution < -0.4 is 5.32 Å². The SMILES string of the molecule is O=C(N[C@@H](c1ccc(C(F)(F)F)cc1)c1ncccc1F)c1ccc2cn[nH]c2c1. The maximum absolute atomic E-state index is 14.4. The van der Waals surface area contributed by atoms with Crippen molar-refractivity contribution in [2.45, 2.75) is 12.2 Å². The van der Waals surface area contributed by atoms with Crippen LogP contribution in [0.5, 0.6) is 0 Å². The molecule has 1 amide bonds. The highest BCUT2D eigenvalue weighted by Crippen LogP contribution is 2.31. The lowest BCUT2D eigenvalue weighted by molar-refractivity contribution is -0.137. The first-order valence-electron chi connectivity index (χ1n) is 8.84. The molecule has 1 atom stereocenters. The van der Waals surface area contributed by atoms with Crippen molar-refractivity contribution < 1.29 is 22.4 Å². The summed E-state index contributed by atoms with van der Waals surface area (Å²) in [4.78, 5) is 16.8. The molecule has 4 rings (SSSR count). The third kappa shape index (κ3) is 3.86. The zero-order valence-electron chi connectivity index (χ0n) is 15.2. The molecule has 0 fully saturated rings. The second-order valence-electron chi connectivity index (χ2n) is 6.57. The van der Waals surface area contributed by atoms with E-state index in [1.165, 1.54) is 30.5 Å². The number of benzene rings is 2. The minimum atomic E-state index is -4.51. The summed E-state index contributed by atoms with van der Waals surface area (Å²) < 4.78 is 53.1. The fourth-order valence-corrected chi connectivity index (χ4v) is 3.08. The molecule has 5 nitrogen and oxygen atoms in total. The van der Waals surface area contributed by atoms with Crippen molar-refractivity contribution in [3.05, 3.63) is 95.2 Å². The average molecular weight is 414 g/mol. The molecule has 2 N–H and O–H groups in total. The smallest absolute Gasteiger partial charge is 0.339 e. The molecule has 30 heavy (non-hydrogen) atoms. The van der Waals surface area contributed by atoms with Crippen LogP contribution in [-0.4, -0.2) is 21.1 Å². The Morgan fingerprint density at radius 2 is 1.83 bits per heavy atom. The summed E-state index contributed by atoms with van der Waals surface area (Å²) in [6.45, 7) is 0. The normalized spacial score (nSPS) is 12.7.